The molecule has 8 rings (SSSR count). The molecule has 4 aromatic rings. The molecular formula is C54H70F4N6O6. The van der Waals surface area contributed by atoms with Crippen LogP contribution in [0.15, 0.2) is 73.1 Å². The van der Waals surface area contributed by atoms with Gasteiger partial charge in [0.15, 0.2) is 0 Å². The number of ether oxygens (including phenoxy) is 2. The summed E-state index contributed by atoms with van der Waals surface area (Å²) in [6, 6.07) is 15.0. The van der Waals surface area contributed by atoms with Crippen molar-refractivity contribution in [3.8, 4) is 11.8 Å². The van der Waals surface area contributed by atoms with Crippen LogP contribution in [-0.2, 0) is 35.3 Å². The molecule has 70 heavy (non-hydrogen) atoms. The molecule has 4 aliphatic rings. The maximum Gasteiger partial charge on any atom is 0.218 e. The van der Waals surface area contributed by atoms with Crippen LogP contribution in [-0.4, -0.2) is 93.9 Å². The van der Waals surface area contributed by atoms with Crippen LogP contribution in [0.4, 0.5) is 17.6 Å². The van der Waals surface area contributed by atoms with Gasteiger partial charge in [-0.3, -0.25) is 18.4 Å². The van der Waals surface area contributed by atoms with Crippen LogP contribution in [0.3, 0.4) is 0 Å². The number of nitrogens with one attached hydrogen (secondary N) is 4. The number of carbonyl (C=O) groups excluding carboxylic acids is 2. The van der Waals surface area contributed by atoms with E-state index in [0.717, 1.165) is 84.7 Å². The third-order valence-corrected chi connectivity index (χ3v) is 14.2. The SMILES string of the molecule is CC(=O)N[C@@H](Cc1ccc(F)cc1)[C@H](O)CN[C@H]1CC2(CCC2)Oc2ncc(C[C@@H](C)CF)cc21.CC(=O)N[C@@H](Cc1ccc(F)cc1)[C@H](O)CN[C@H]1CC2(CCC2)Oc2ncc(C[C@H](C)CF)cc21. The molecule has 4 heterocycles. The minimum absolute atomic E-state index is 0.0781. The zero-order chi connectivity index (χ0) is 50.0. The van der Waals surface area contributed by atoms with E-state index in [2.05, 4.69) is 31.2 Å². The molecule has 16 heteroatoms. The lowest BCUT2D eigenvalue weighted by molar-refractivity contribution is -0.121. The molecule has 2 fully saturated rings. The number of carbonyl (C=O) groups is 2. The molecule has 2 aromatic heterocycles. The van der Waals surface area contributed by atoms with Crippen LogP contribution >= 0.6 is 0 Å². The molecule has 6 N–H and O–H groups in total. The van der Waals surface area contributed by atoms with Gasteiger partial charge in [-0.25, -0.2) is 18.7 Å². The van der Waals surface area contributed by atoms with Crippen molar-refractivity contribution in [3.05, 3.63) is 118 Å². The zero-order valence-electron chi connectivity index (χ0n) is 40.8. The number of rotatable bonds is 20. The molecule has 0 radical (unpaired) electrons. The number of hydrogen-bond donors (Lipinski definition) is 6. The van der Waals surface area contributed by atoms with Gasteiger partial charge in [0, 0.05) is 75.4 Å². The minimum Gasteiger partial charge on any atom is -0.471 e. The molecule has 0 unspecified atom stereocenters. The van der Waals surface area contributed by atoms with Gasteiger partial charge in [0.05, 0.1) is 37.6 Å². The number of nitrogens with zero attached hydrogens (tertiary/aromatic N) is 2. The molecule has 2 amide bonds. The predicted molar refractivity (Wildman–Crippen MR) is 259 cm³/mol. The van der Waals surface area contributed by atoms with E-state index in [9.17, 15) is 37.4 Å². The van der Waals surface area contributed by atoms with Crippen molar-refractivity contribution < 1.29 is 46.8 Å². The summed E-state index contributed by atoms with van der Waals surface area (Å²) in [5.41, 5.74) is 4.95. The molecular weight excluding hydrogens is 905 g/mol. The lowest BCUT2D eigenvalue weighted by atomic mass is 9.73. The van der Waals surface area contributed by atoms with E-state index < -0.39 is 24.3 Å². The van der Waals surface area contributed by atoms with Gasteiger partial charge >= 0.3 is 0 Å². The highest BCUT2D eigenvalue weighted by Crippen LogP contribution is 2.49. The molecule has 2 spiro atoms. The Kier molecular flexibility index (Phi) is 17.9. The van der Waals surface area contributed by atoms with Gasteiger partial charge in [0.2, 0.25) is 23.6 Å². The summed E-state index contributed by atoms with van der Waals surface area (Å²) in [6.07, 6.45) is 11.4. The third kappa shape index (κ3) is 14.0. The van der Waals surface area contributed by atoms with Crippen LogP contribution in [0.25, 0.3) is 0 Å². The number of benzene rings is 2. The summed E-state index contributed by atoms with van der Waals surface area (Å²) in [7, 11) is 0. The van der Waals surface area contributed by atoms with Crippen molar-refractivity contribution in [1.29, 1.82) is 0 Å². The van der Waals surface area contributed by atoms with Gasteiger partial charge in [0.25, 0.3) is 0 Å². The van der Waals surface area contributed by atoms with E-state index in [-0.39, 0.29) is 85.0 Å². The monoisotopic (exact) mass is 975 g/mol. The van der Waals surface area contributed by atoms with E-state index >= 15 is 0 Å². The smallest absolute Gasteiger partial charge is 0.218 e. The fraction of sp³-hybridized carbons (Fsp3) is 0.556. The molecule has 0 saturated heterocycles. The Morgan fingerprint density at radius 3 is 1.31 bits per heavy atom. The summed E-state index contributed by atoms with van der Waals surface area (Å²) in [4.78, 5) is 32.7. The summed E-state index contributed by atoms with van der Waals surface area (Å²) in [5, 5.41) is 34.7. The molecule has 2 aliphatic carbocycles. The summed E-state index contributed by atoms with van der Waals surface area (Å²) < 4.78 is 65.3. The maximum absolute atomic E-state index is 13.3. The van der Waals surface area contributed by atoms with Crippen LogP contribution < -0.4 is 30.7 Å². The van der Waals surface area contributed by atoms with E-state index in [1.165, 1.54) is 38.1 Å². The second-order valence-corrected chi connectivity index (χ2v) is 20.4. The van der Waals surface area contributed by atoms with Crippen molar-refractivity contribution in [2.45, 2.75) is 152 Å². The number of amides is 2. The summed E-state index contributed by atoms with van der Waals surface area (Å²) >= 11 is 0. The van der Waals surface area contributed by atoms with Gasteiger partial charge in [-0.15, -0.1) is 0 Å². The largest absolute Gasteiger partial charge is 0.471 e. The first-order valence-electron chi connectivity index (χ1n) is 24.9. The Labute approximate surface area is 409 Å². The highest BCUT2D eigenvalue weighted by molar-refractivity contribution is 5.73. The van der Waals surface area contributed by atoms with E-state index in [4.69, 9.17) is 9.47 Å². The standard InChI is InChI=1S/2C27H35F2N3O3/c2*1-17(14-28)10-20-11-22-24(13-27(8-3-9-27)35-26(22)31-15-20)30-16-25(34)23(32-18(2)33)12-19-4-6-21(29)7-5-19/h2*4-7,11,15,17,23-25,30,34H,3,8-10,12-14,16H2,1-2H3,(H,32,33)/t17-,23+,24+,25-;17-,23-,24-,25+/m10/s1. The average molecular weight is 975 g/mol. The summed E-state index contributed by atoms with van der Waals surface area (Å²) in [6.45, 7) is 6.29. The number of aliphatic hydroxyl groups is 2. The molecule has 2 aliphatic heterocycles. The minimum atomic E-state index is -0.865. The van der Waals surface area contributed by atoms with Crippen molar-refractivity contribution >= 4 is 11.8 Å². The number of aromatic nitrogens is 2. The highest BCUT2D eigenvalue weighted by atomic mass is 19.1. The summed E-state index contributed by atoms with van der Waals surface area (Å²) in [5.74, 6) is -0.110. The van der Waals surface area contributed by atoms with Crippen LogP contribution in [0.1, 0.15) is 125 Å². The molecule has 380 valence electrons. The topological polar surface area (TPSA) is 167 Å². The van der Waals surface area contributed by atoms with Gasteiger partial charge < -0.3 is 41.0 Å². The Balaban J connectivity index is 0.000000206. The Hall–Kier alpha value is -5.16. The first-order valence-corrected chi connectivity index (χ1v) is 24.9. The van der Waals surface area contributed by atoms with E-state index in [0.29, 0.717) is 37.4 Å². The van der Waals surface area contributed by atoms with Gasteiger partial charge in [-0.1, -0.05) is 38.1 Å². The van der Waals surface area contributed by atoms with Crippen LogP contribution in [0.5, 0.6) is 11.8 Å². The first-order chi connectivity index (χ1) is 33.5. The lowest BCUT2D eigenvalue weighted by Gasteiger charge is -2.47. The Bertz CT molecular complexity index is 2190. The van der Waals surface area contributed by atoms with E-state index in [1.54, 1.807) is 36.7 Å². The van der Waals surface area contributed by atoms with Crippen LogP contribution in [0.2, 0.25) is 0 Å². The van der Waals surface area contributed by atoms with Crippen molar-refractivity contribution in [2.24, 2.45) is 11.8 Å². The van der Waals surface area contributed by atoms with Crippen molar-refractivity contribution in [2.75, 3.05) is 26.4 Å². The number of aliphatic hydroxyl groups excluding tert-OH is 2. The molecule has 12 nitrogen and oxygen atoms in total. The van der Waals surface area contributed by atoms with Crippen LogP contribution in [0, 0.1) is 23.5 Å². The number of halogens is 4. The molecule has 0 bridgehead atoms. The Morgan fingerprint density at radius 1 is 0.629 bits per heavy atom. The van der Waals surface area contributed by atoms with Gasteiger partial charge in [0.1, 0.15) is 22.8 Å². The number of alkyl halides is 2. The fourth-order valence-corrected chi connectivity index (χ4v) is 10.1. The molecule has 2 aromatic carbocycles. The number of fused-ring (bicyclic) bond motifs is 2. The average Bonchev–Trinajstić information content (AvgIpc) is 3.32. The lowest BCUT2D eigenvalue weighted by Crippen LogP contribution is -2.52. The fourth-order valence-electron chi connectivity index (χ4n) is 10.1. The maximum atomic E-state index is 13.3. The second kappa shape index (κ2) is 23.8. The zero-order valence-corrected chi connectivity index (χ0v) is 40.8. The first kappa shape index (κ1) is 52.7. The normalized spacial score (nSPS) is 20.8. The van der Waals surface area contributed by atoms with E-state index in [1.807, 2.05) is 26.0 Å². The quantitative estimate of drug-likeness (QED) is 0.0485. The van der Waals surface area contributed by atoms with Crippen molar-refractivity contribution in [1.82, 2.24) is 31.2 Å². The highest BCUT2D eigenvalue weighted by Gasteiger charge is 2.47. The Morgan fingerprint density at radius 2 is 1.00 bits per heavy atom. The molecule has 2 saturated carbocycles. The van der Waals surface area contributed by atoms with Gasteiger partial charge in [-0.05, 0) is 135 Å². The number of hydrogen-bond acceptors (Lipinski definition) is 10. The van der Waals surface area contributed by atoms with Gasteiger partial charge in [-0.2, -0.15) is 0 Å². The van der Waals surface area contributed by atoms with Crippen molar-refractivity contribution in [3.63, 3.8) is 0 Å². The molecule has 8 atom stereocenters. The second-order valence-electron chi connectivity index (χ2n) is 20.4. The number of pyridine rings is 2. The third-order valence-electron chi connectivity index (χ3n) is 14.2. The predicted octanol–water partition coefficient (Wildman–Crippen LogP) is 7.63.